The van der Waals surface area contributed by atoms with Gasteiger partial charge < -0.3 is 5.11 Å². The van der Waals surface area contributed by atoms with Gasteiger partial charge in [-0.1, -0.05) is 55.3 Å². The van der Waals surface area contributed by atoms with Crippen LogP contribution in [0.3, 0.4) is 0 Å². The molecule has 1 N–H and O–H groups in total. The minimum Gasteiger partial charge on any atom is -0.382 e. The molecule has 2 aromatic carbocycles. The van der Waals surface area contributed by atoms with E-state index in [0.29, 0.717) is 5.69 Å². The molecule has 0 aliphatic carbocycles. The number of hydrogen-bond donors (Lipinski definition) is 1. The summed E-state index contributed by atoms with van der Waals surface area (Å²) in [5, 5.41) is 18.6. The minimum absolute atomic E-state index is 0.617. The molecule has 0 amide bonds. The summed E-state index contributed by atoms with van der Waals surface area (Å²) in [6, 6.07) is 15.3. The molecule has 1 aromatic heterocycles. The van der Waals surface area contributed by atoms with Gasteiger partial charge in [0.2, 0.25) is 0 Å². The summed E-state index contributed by atoms with van der Waals surface area (Å²) in [5.41, 5.74) is 2.24. The molecule has 3 rings (SSSR count). The quantitative estimate of drug-likeness (QED) is 0.715. The first-order valence-corrected chi connectivity index (χ1v) is 7.84. The summed E-state index contributed by atoms with van der Waals surface area (Å²) >= 11 is 6.86. The smallest absolute Gasteiger partial charge is 0.123 e. The molecule has 1 unspecified atom stereocenters. The van der Waals surface area contributed by atoms with Crippen LogP contribution < -0.4 is 0 Å². The molecule has 1 atom stereocenters. The van der Waals surface area contributed by atoms with Crippen molar-refractivity contribution >= 4 is 31.9 Å². The van der Waals surface area contributed by atoms with Crippen molar-refractivity contribution in [1.82, 2.24) is 15.0 Å². The van der Waals surface area contributed by atoms with Gasteiger partial charge in [0.15, 0.2) is 0 Å². The van der Waals surface area contributed by atoms with E-state index in [0.717, 1.165) is 20.2 Å². The Bertz CT molecular complexity index is 738. The fraction of sp³-hybridized carbons (Fsp3) is 0.0667. The Labute approximate surface area is 138 Å². The molecule has 0 spiro atoms. The van der Waals surface area contributed by atoms with Gasteiger partial charge in [0.1, 0.15) is 6.10 Å². The summed E-state index contributed by atoms with van der Waals surface area (Å²) in [6.45, 7) is 0. The standard InChI is InChI=1S/C15H11Br2N3O/c16-11-6-10(7-12(17)8-11)15(21)14-9-18-19-20(14)13-4-2-1-3-5-13/h1-9,15,21H. The maximum atomic E-state index is 10.6. The summed E-state index contributed by atoms with van der Waals surface area (Å²) in [4.78, 5) is 0. The summed E-state index contributed by atoms with van der Waals surface area (Å²) < 4.78 is 3.42. The van der Waals surface area contributed by atoms with E-state index in [1.54, 1.807) is 10.9 Å². The molecule has 0 bridgehead atoms. The molecule has 1 heterocycles. The third kappa shape index (κ3) is 3.07. The molecule has 106 valence electrons. The fourth-order valence-electron chi connectivity index (χ4n) is 2.10. The van der Waals surface area contributed by atoms with Crippen LogP contribution in [0.1, 0.15) is 17.4 Å². The number of aliphatic hydroxyl groups excluding tert-OH is 1. The van der Waals surface area contributed by atoms with Gasteiger partial charge in [0.05, 0.1) is 17.6 Å². The SMILES string of the molecule is OC(c1cc(Br)cc(Br)c1)c1cnnn1-c1ccccc1. The van der Waals surface area contributed by atoms with Gasteiger partial charge in [-0.25, -0.2) is 4.68 Å². The Hall–Kier alpha value is -1.50. The Balaban J connectivity index is 2.03. The summed E-state index contributed by atoms with van der Waals surface area (Å²) in [5.74, 6) is 0. The molecule has 0 radical (unpaired) electrons. The average Bonchev–Trinajstić information content (AvgIpc) is 2.95. The molecule has 0 aliphatic rings. The zero-order valence-corrected chi connectivity index (χ0v) is 14.0. The van der Waals surface area contributed by atoms with E-state index in [2.05, 4.69) is 42.2 Å². The van der Waals surface area contributed by atoms with Crippen LogP contribution >= 0.6 is 31.9 Å². The van der Waals surface area contributed by atoms with Gasteiger partial charge in [-0.3, -0.25) is 0 Å². The number of para-hydroxylation sites is 1. The molecular weight excluding hydrogens is 398 g/mol. The predicted octanol–water partition coefficient (Wildman–Crippen LogP) is 3.87. The number of nitrogens with zero attached hydrogens (tertiary/aromatic N) is 3. The van der Waals surface area contributed by atoms with Crippen molar-refractivity contribution in [2.45, 2.75) is 6.10 Å². The molecule has 0 fully saturated rings. The summed E-state index contributed by atoms with van der Waals surface area (Å²) in [7, 11) is 0. The van der Waals surface area contributed by atoms with Crippen LogP contribution in [0.2, 0.25) is 0 Å². The Kier molecular flexibility index (Phi) is 4.19. The molecule has 0 saturated heterocycles. The van der Waals surface area contributed by atoms with Crippen LogP contribution in [0.5, 0.6) is 0 Å². The lowest BCUT2D eigenvalue weighted by atomic mass is 10.1. The first-order chi connectivity index (χ1) is 10.1. The van der Waals surface area contributed by atoms with Crippen LogP contribution in [-0.4, -0.2) is 20.1 Å². The number of aliphatic hydroxyl groups is 1. The van der Waals surface area contributed by atoms with Crippen molar-refractivity contribution in [2.24, 2.45) is 0 Å². The largest absolute Gasteiger partial charge is 0.382 e. The lowest BCUT2D eigenvalue weighted by Gasteiger charge is -2.13. The van der Waals surface area contributed by atoms with Crippen molar-refractivity contribution in [2.75, 3.05) is 0 Å². The number of benzene rings is 2. The normalized spacial score (nSPS) is 12.3. The number of rotatable bonds is 3. The molecule has 6 heteroatoms. The Morgan fingerprint density at radius 3 is 2.33 bits per heavy atom. The molecule has 4 nitrogen and oxygen atoms in total. The van der Waals surface area contributed by atoms with E-state index in [9.17, 15) is 5.11 Å². The van der Waals surface area contributed by atoms with E-state index in [1.807, 2.05) is 48.5 Å². The first kappa shape index (κ1) is 14.4. The van der Waals surface area contributed by atoms with Gasteiger partial charge in [-0.2, -0.15) is 0 Å². The average molecular weight is 409 g/mol. The Morgan fingerprint density at radius 1 is 1.00 bits per heavy atom. The first-order valence-electron chi connectivity index (χ1n) is 6.25. The maximum Gasteiger partial charge on any atom is 0.123 e. The third-order valence-electron chi connectivity index (χ3n) is 3.06. The highest BCUT2D eigenvalue weighted by Gasteiger charge is 2.18. The van der Waals surface area contributed by atoms with Crippen molar-refractivity contribution in [3.05, 3.63) is 74.9 Å². The van der Waals surface area contributed by atoms with Crippen LogP contribution in [-0.2, 0) is 0 Å². The second-order valence-corrected chi connectivity index (χ2v) is 6.34. The number of aromatic nitrogens is 3. The number of halogens is 2. The van der Waals surface area contributed by atoms with Crippen molar-refractivity contribution in [3.8, 4) is 5.69 Å². The lowest BCUT2D eigenvalue weighted by molar-refractivity contribution is 0.212. The van der Waals surface area contributed by atoms with Gasteiger partial charge in [0, 0.05) is 8.95 Å². The third-order valence-corrected chi connectivity index (χ3v) is 3.97. The van der Waals surface area contributed by atoms with E-state index < -0.39 is 6.10 Å². The monoisotopic (exact) mass is 407 g/mol. The van der Waals surface area contributed by atoms with Crippen molar-refractivity contribution in [1.29, 1.82) is 0 Å². The minimum atomic E-state index is -0.811. The topological polar surface area (TPSA) is 50.9 Å². The molecule has 0 aliphatic heterocycles. The predicted molar refractivity (Wildman–Crippen MR) is 87.3 cm³/mol. The fourth-order valence-corrected chi connectivity index (χ4v) is 3.43. The van der Waals surface area contributed by atoms with Crippen molar-refractivity contribution in [3.63, 3.8) is 0 Å². The second kappa shape index (κ2) is 6.09. The van der Waals surface area contributed by atoms with E-state index >= 15 is 0 Å². The van der Waals surface area contributed by atoms with Gasteiger partial charge in [-0.15, -0.1) is 5.10 Å². The molecular formula is C15H11Br2N3O. The van der Waals surface area contributed by atoms with Crippen LogP contribution in [0, 0.1) is 0 Å². The molecule has 0 saturated carbocycles. The van der Waals surface area contributed by atoms with Crippen LogP contribution in [0.4, 0.5) is 0 Å². The van der Waals surface area contributed by atoms with E-state index in [4.69, 9.17) is 0 Å². The molecule has 3 aromatic rings. The maximum absolute atomic E-state index is 10.6. The summed E-state index contributed by atoms with van der Waals surface area (Å²) in [6.07, 6.45) is 0.765. The van der Waals surface area contributed by atoms with Crippen LogP contribution in [0.25, 0.3) is 5.69 Å². The highest BCUT2D eigenvalue weighted by atomic mass is 79.9. The van der Waals surface area contributed by atoms with Crippen molar-refractivity contribution < 1.29 is 5.11 Å². The Morgan fingerprint density at radius 2 is 1.67 bits per heavy atom. The van der Waals surface area contributed by atoms with Gasteiger partial charge in [-0.05, 0) is 35.9 Å². The zero-order valence-electron chi connectivity index (χ0n) is 10.8. The van der Waals surface area contributed by atoms with Gasteiger partial charge in [0.25, 0.3) is 0 Å². The molecule has 21 heavy (non-hydrogen) atoms. The highest BCUT2D eigenvalue weighted by Crippen LogP contribution is 2.28. The second-order valence-electron chi connectivity index (χ2n) is 4.51. The lowest BCUT2D eigenvalue weighted by Crippen LogP contribution is -2.08. The zero-order chi connectivity index (χ0) is 14.8. The van der Waals surface area contributed by atoms with E-state index in [1.165, 1.54) is 0 Å². The number of hydrogen-bond acceptors (Lipinski definition) is 3. The highest BCUT2D eigenvalue weighted by molar-refractivity contribution is 9.11. The van der Waals surface area contributed by atoms with E-state index in [-0.39, 0.29) is 0 Å². The van der Waals surface area contributed by atoms with Gasteiger partial charge >= 0.3 is 0 Å². The van der Waals surface area contributed by atoms with Crippen LogP contribution in [0.15, 0.2) is 63.7 Å².